The van der Waals surface area contributed by atoms with E-state index in [0.717, 1.165) is 25.7 Å². The van der Waals surface area contributed by atoms with Gasteiger partial charge in [-0.2, -0.15) is 0 Å². The summed E-state index contributed by atoms with van der Waals surface area (Å²) in [5.74, 6) is -0.352. The van der Waals surface area contributed by atoms with Gasteiger partial charge in [0.1, 0.15) is 5.75 Å². The minimum Gasteiger partial charge on any atom is -0.507 e. The van der Waals surface area contributed by atoms with Gasteiger partial charge in [0.15, 0.2) is 0 Å². The standard InChI is InChI=1S/C14H17ClN2O2S/c15-9-5-6-12(18)11(7-9)14(19)17(8-13(16)20)10-3-1-2-4-10/h5-7,10,18H,1-4,8H2,(H2,16,20). The van der Waals surface area contributed by atoms with Gasteiger partial charge < -0.3 is 15.7 Å². The van der Waals surface area contributed by atoms with E-state index in [1.807, 2.05) is 0 Å². The summed E-state index contributed by atoms with van der Waals surface area (Å²) in [4.78, 5) is 14.6. The molecule has 0 saturated heterocycles. The lowest BCUT2D eigenvalue weighted by atomic mass is 10.1. The Kier molecular flexibility index (Phi) is 4.83. The van der Waals surface area contributed by atoms with Crippen LogP contribution in [0.4, 0.5) is 0 Å². The van der Waals surface area contributed by atoms with Crippen LogP contribution in [-0.4, -0.2) is 33.5 Å². The molecule has 1 aliphatic rings. The van der Waals surface area contributed by atoms with Crippen LogP contribution in [0.25, 0.3) is 0 Å². The van der Waals surface area contributed by atoms with Gasteiger partial charge in [-0.1, -0.05) is 36.7 Å². The van der Waals surface area contributed by atoms with Crippen molar-refractivity contribution >= 4 is 34.7 Å². The number of nitrogens with zero attached hydrogens (tertiary/aromatic N) is 1. The smallest absolute Gasteiger partial charge is 0.258 e. The molecule has 1 aromatic carbocycles. The number of phenolic OH excluding ortho intramolecular Hbond substituents is 1. The van der Waals surface area contributed by atoms with Crippen molar-refractivity contribution in [2.75, 3.05) is 6.54 Å². The topological polar surface area (TPSA) is 66.6 Å². The van der Waals surface area contributed by atoms with Crippen LogP contribution >= 0.6 is 23.8 Å². The maximum Gasteiger partial charge on any atom is 0.258 e. The van der Waals surface area contributed by atoms with Gasteiger partial charge in [-0.3, -0.25) is 4.79 Å². The first-order valence-electron chi connectivity index (χ1n) is 6.57. The van der Waals surface area contributed by atoms with E-state index < -0.39 is 0 Å². The van der Waals surface area contributed by atoms with Gasteiger partial charge in [0.2, 0.25) is 0 Å². The van der Waals surface area contributed by atoms with E-state index >= 15 is 0 Å². The van der Waals surface area contributed by atoms with E-state index in [1.54, 1.807) is 11.0 Å². The number of aromatic hydroxyl groups is 1. The molecule has 108 valence electrons. The van der Waals surface area contributed by atoms with E-state index in [1.165, 1.54) is 12.1 Å². The van der Waals surface area contributed by atoms with Gasteiger partial charge in [0.25, 0.3) is 5.91 Å². The molecule has 0 unspecified atom stereocenters. The highest BCUT2D eigenvalue weighted by Crippen LogP contribution is 2.28. The van der Waals surface area contributed by atoms with Crippen LogP contribution in [-0.2, 0) is 0 Å². The molecule has 3 N–H and O–H groups in total. The number of carbonyl (C=O) groups excluding carboxylic acids is 1. The lowest BCUT2D eigenvalue weighted by molar-refractivity contribution is 0.0711. The number of amides is 1. The van der Waals surface area contributed by atoms with E-state index in [0.29, 0.717) is 5.02 Å². The van der Waals surface area contributed by atoms with Crippen molar-refractivity contribution in [3.63, 3.8) is 0 Å². The zero-order valence-corrected chi connectivity index (χ0v) is 12.6. The molecule has 0 bridgehead atoms. The van der Waals surface area contributed by atoms with Crippen LogP contribution < -0.4 is 5.73 Å². The van der Waals surface area contributed by atoms with E-state index in [2.05, 4.69) is 0 Å². The number of benzene rings is 1. The Morgan fingerprint density at radius 2 is 2.10 bits per heavy atom. The fourth-order valence-electron chi connectivity index (χ4n) is 2.58. The number of hydrogen-bond donors (Lipinski definition) is 2. The van der Waals surface area contributed by atoms with Crippen molar-refractivity contribution in [3.8, 4) is 5.75 Å². The number of phenols is 1. The monoisotopic (exact) mass is 312 g/mol. The number of carbonyl (C=O) groups is 1. The molecule has 0 aromatic heterocycles. The Hall–Kier alpha value is -1.33. The van der Waals surface area contributed by atoms with Crippen molar-refractivity contribution in [3.05, 3.63) is 28.8 Å². The maximum atomic E-state index is 12.6. The Bertz CT molecular complexity index is 530. The van der Waals surface area contributed by atoms with Gasteiger partial charge >= 0.3 is 0 Å². The molecule has 2 rings (SSSR count). The summed E-state index contributed by atoms with van der Waals surface area (Å²) in [6, 6.07) is 4.56. The minimum atomic E-state index is -0.273. The average molecular weight is 313 g/mol. The van der Waals surface area contributed by atoms with Crippen LogP contribution in [0.1, 0.15) is 36.0 Å². The minimum absolute atomic E-state index is 0.0784. The van der Waals surface area contributed by atoms with Crippen LogP contribution in [0, 0.1) is 0 Å². The third kappa shape index (κ3) is 3.41. The Morgan fingerprint density at radius 3 is 2.70 bits per heavy atom. The normalized spacial score (nSPS) is 15.2. The first-order valence-corrected chi connectivity index (χ1v) is 7.35. The molecular weight excluding hydrogens is 296 g/mol. The van der Waals surface area contributed by atoms with Crippen molar-refractivity contribution in [2.45, 2.75) is 31.7 Å². The molecule has 0 heterocycles. The van der Waals surface area contributed by atoms with Gasteiger partial charge in [-0.05, 0) is 31.0 Å². The fourth-order valence-corrected chi connectivity index (χ4v) is 2.90. The number of thiocarbonyl (C=S) groups is 1. The van der Waals surface area contributed by atoms with Crippen LogP contribution in [0.5, 0.6) is 5.75 Å². The highest BCUT2D eigenvalue weighted by Gasteiger charge is 2.29. The van der Waals surface area contributed by atoms with E-state index in [4.69, 9.17) is 29.6 Å². The molecule has 1 saturated carbocycles. The fraction of sp³-hybridized carbons (Fsp3) is 0.429. The predicted octanol–water partition coefficient (Wildman–Crippen LogP) is 2.72. The molecule has 4 nitrogen and oxygen atoms in total. The van der Waals surface area contributed by atoms with Crippen molar-refractivity contribution in [2.24, 2.45) is 5.73 Å². The van der Waals surface area contributed by atoms with Crippen molar-refractivity contribution in [1.29, 1.82) is 0 Å². The quantitative estimate of drug-likeness (QED) is 0.839. The molecule has 1 fully saturated rings. The highest BCUT2D eigenvalue weighted by atomic mass is 35.5. The van der Waals surface area contributed by atoms with Crippen LogP contribution in [0.2, 0.25) is 5.02 Å². The largest absolute Gasteiger partial charge is 0.507 e. The SMILES string of the molecule is NC(=S)CN(C(=O)c1cc(Cl)ccc1O)C1CCCC1. The Balaban J connectivity index is 2.29. The summed E-state index contributed by atoms with van der Waals surface area (Å²) in [5, 5.41) is 10.3. The molecule has 0 spiro atoms. The molecule has 0 aliphatic heterocycles. The van der Waals surface area contributed by atoms with Crippen molar-refractivity contribution in [1.82, 2.24) is 4.90 Å². The summed E-state index contributed by atoms with van der Waals surface area (Å²) in [6.07, 6.45) is 4.06. The average Bonchev–Trinajstić information content (AvgIpc) is 2.91. The van der Waals surface area contributed by atoms with E-state index in [9.17, 15) is 9.90 Å². The molecule has 1 amide bonds. The molecule has 1 aromatic rings. The summed E-state index contributed by atoms with van der Waals surface area (Å²) in [5.41, 5.74) is 5.79. The zero-order valence-electron chi connectivity index (χ0n) is 11.0. The summed E-state index contributed by atoms with van der Waals surface area (Å²) >= 11 is 10.8. The molecule has 0 radical (unpaired) electrons. The molecule has 6 heteroatoms. The summed E-state index contributed by atoms with van der Waals surface area (Å²) in [6.45, 7) is 0.227. The summed E-state index contributed by atoms with van der Waals surface area (Å²) in [7, 11) is 0. The second-order valence-corrected chi connectivity index (χ2v) is 5.96. The first-order chi connectivity index (χ1) is 9.49. The number of halogens is 1. The maximum absolute atomic E-state index is 12.6. The second-order valence-electron chi connectivity index (χ2n) is 5.00. The van der Waals surface area contributed by atoms with Crippen molar-refractivity contribution < 1.29 is 9.90 Å². The summed E-state index contributed by atoms with van der Waals surface area (Å²) < 4.78 is 0. The lowest BCUT2D eigenvalue weighted by Gasteiger charge is -2.29. The zero-order chi connectivity index (χ0) is 14.7. The van der Waals surface area contributed by atoms with Gasteiger partial charge in [-0.25, -0.2) is 0 Å². The number of nitrogens with two attached hydrogens (primary N) is 1. The predicted molar refractivity (Wildman–Crippen MR) is 83.2 cm³/mol. The molecule has 1 aliphatic carbocycles. The van der Waals surface area contributed by atoms with Gasteiger partial charge in [0.05, 0.1) is 17.1 Å². The van der Waals surface area contributed by atoms with Crippen LogP contribution in [0.15, 0.2) is 18.2 Å². The van der Waals surface area contributed by atoms with Gasteiger partial charge in [0, 0.05) is 11.1 Å². The molecule has 0 atom stereocenters. The third-order valence-corrected chi connectivity index (χ3v) is 3.91. The lowest BCUT2D eigenvalue weighted by Crippen LogP contribution is -2.43. The number of rotatable bonds is 4. The van der Waals surface area contributed by atoms with E-state index in [-0.39, 0.29) is 34.8 Å². The first kappa shape index (κ1) is 15.1. The van der Waals surface area contributed by atoms with Gasteiger partial charge in [-0.15, -0.1) is 0 Å². The highest BCUT2D eigenvalue weighted by molar-refractivity contribution is 7.80. The molecular formula is C14H17ClN2O2S. The third-order valence-electron chi connectivity index (χ3n) is 3.54. The Morgan fingerprint density at radius 1 is 1.45 bits per heavy atom. The van der Waals surface area contributed by atoms with Crippen LogP contribution in [0.3, 0.4) is 0 Å². The molecule has 20 heavy (non-hydrogen) atoms. The number of hydrogen-bond acceptors (Lipinski definition) is 3. The Labute approximate surface area is 128 Å². The second kappa shape index (κ2) is 6.41.